The van der Waals surface area contributed by atoms with Crippen LogP contribution in [-0.4, -0.2) is 47.4 Å². The summed E-state index contributed by atoms with van der Waals surface area (Å²) >= 11 is 0. The first-order valence-corrected chi connectivity index (χ1v) is 34.6. The Bertz CT molecular complexity index is 1350. The number of carbonyl (C=O) groups excluding carboxylic acids is 2. The van der Waals surface area contributed by atoms with E-state index in [2.05, 4.69) is 67.8 Å². The van der Waals surface area contributed by atoms with Gasteiger partial charge in [0.05, 0.1) is 25.4 Å². The van der Waals surface area contributed by atoms with Crippen LogP contribution in [0.4, 0.5) is 0 Å². The zero-order chi connectivity index (χ0) is 56.4. The number of hydrogen-bond acceptors (Lipinski definition) is 5. The lowest BCUT2D eigenvalue weighted by Crippen LogP contribution is -2.45. The molecular formula is C72H133NO5. The Kier molecular flexibility index (Phi) is 65.0. The molecule has 0 heterocycles. The van der Waals surface area contributed by atoms with Crippen LogP contribution in [-0.2, 0) is 14.3 Å². The van der Waals surface area contributed by atoms with Crippen molar-refractivity contribution in [2.45, 2.75) is 373 Å². The van der Waals surface area contributed by atoms with E-state index in [0.717, 1.165) is 57.8 Å². The predicted molar refractivity (Wildman–Crippen MR) is 342 cm³/mol. The average molecular weight is 1090 g/mol. The van der Waals surface area contributed by atoms with Crippen LogP contribution in [0.5, 0.6) is 0 Å². The number of ether oxygens (including phenoxy) is 1. The molecular weight excluding hydrogens is 959 g/mol. The molecule has 0 rings (SSSR count). The molecule has 6 heteroatoms. The van der Waals surface area contributed by atoms with E-state index in [0.29, 0.717) is 19.4 Å². The summed E-state index contributed by atoms with van der Waals surface area (Å²) in [4.78, 5) is 24.6. The summed E-state index contributed by atoms with van der Waals surface area (Å²) in [6.45, 7) is 4.89. The number of allylic oxidation sites excluding steroid dienone is 9. The van der Waals surface area contributed by atoms with Gasteiger partial charge in [-0.1, -0.05) is 312 Å². The van der Waals surface area contributed by atoms with Crippen LogP contribution in [0.15, 0.2) is 60.8 Å². The highest BCUT2D eigenvalue weighted by Crippen LogP contribution is 2.17. The van der Waals surface area contributed by atoms with Gasteiger partial charge in [0.2, 0.25) is 5.91 Å². The quantitative estimate of drug-likeness (QED) is 0.0320. The summed E-state index contributed by atoms with van der Waals surface area (Å²) in [5, 5.41) is 23.2. The van der Waals surface area contributed by atoms with E-state index in [9.17, 15) is 19.8 Å². The fourth-order valence-electron chi connectivity index (χ4n) is 10.5. The summed E-state index contributed by atoms with van der Waals surface area (Å²) in [6.07, 6.45) is 88.6. The number of rotatable bonds is 64. The van der Waals surface area contributed by atoms with Crippen LogP contribution in [0.2, 0.25) is 0 Å². The van der Waals surface area contributed by atoms with Gasteiger partial charge in [-0.05, 0) is 96.3 Å². The molecule has 0 saturated heterocycles. The molecule has 0 aromatic rings. The maximum Gasteiger partial charge on any atom is 0.305 e. The molecule has 0 radical (unpaired) electrons. The van der Waals surface area contributed by atoms with Gasteiger partial charge in [0.1, 0.15) is 0 Å². The van der Waals surface area contributed by atoms with E-state index in [1.54, 1.807) is 6.08 Å². The first kappa shape index (κ1) is 75.6. The molecule has 3 N–H and O–H groups in total. The van der Waals surface area contributed by atoms with Crippen molar-refractivity contribution in [3.05, 3.63) is 60.8 Å². The summed E-state index contributed by atoms with van der Waals surface area (Å²) in [5.74, 6) is -0.0729. The third-order valence-corrected chi connectivity index (χ3v) is 15.8. The van der Waals surface area contributed by atoms with E-state index >= 15 is 0 Å². The molecule has 0 saturated carbocycles. The van der Waals surface area contributed by atoms with Crippen LogP contribution in [0.25, 0.3) is 0 Å². The van der Waals surface area contributed by atoms with Gasteiger partial charge in [0.25, 0.3) is 0 Å². The largest absolute Gasteiger partial charge is 0.466 e. The highest BCUT2D eigenvalue weighted by atomic mass is 16.5. The fraction of sp³-hybridized carbons (Fsp3) is 0.833. The molecule has 0 aliphatic carbocycles. The van der Waals surface area contributed by atoms with Gasteiger partial charge in [-0.25, -0.2) is 0 Å². The SMILES string of the molecule is CCCCCC/C=C\C/C=C\CCCCCCCC(=O)OCCCCCCCCCCC/C=C\C/C=C\CCCCCCCCCCCCCC(=O)NC(CO)C(O)/C=C/CCCCCCCCCCCCCCCCCC. The van der Waals surface area contributed by atoms with Gasteiger partial charge in [0.15, 0.2) is 0 Å². The molecule has 456 valence electrons. The number of unbranched alkanes of at least 4 members (excludes halogenated alkanes) is 45. The van der Waals surface area contributed by atoms with Crippen LogP contribution in [0.3, 0.4) is 0 Å². The molecule has 6 nitrogen and oxygen atoms in total. The lowest BCUT2D eigenvalue weighted by Gasteiger charge is -2.20. The zero-order valence-electron chi connectivity index (χ0n) is 52.1. The number of nitrogens with one attached hydrogen (secondary N) is 1. The molecule has 0 aromatic carbocycles. The molecule has 0 aliphatic rings. The van der Waals surface area contributed by atoms with Gasteiger partial charge in [-0.2, -0.15) is 0 Å². The lowest BCUT2D eigenvalue weighted by molar-refractivity contribution is -0.143. The summed E-state index contributed by atoms with van der Waals surface area (Å²) < 4.78 is 5.48. The third-order valence-electron chi connectivity index (χ3n) is 15.8. The van der Waals surface area contributed by atoms with Crippen molar-refractivity contribution in [1.29, 1.82) is 0 Å². The molecule has 0 fully saturated rings. The van der Waals surface area contributed by atoms with Gasteiger partial charge in [-0.15, -0.1) is 0 Å². The molecule has 0 aromatic heterocycles. The zero-order valence-corrected chi connectivity index (χ0v) is 52.1. The Morgan fingerprint density at radius 2 is 0.641 bits per heavy atom. The summed E-state index contributed by atoms with van der Waals surface area (Å²) in [7, 11) is 0. The van der Waals surface area contributed by atoms with Crippen molar-refractivity contribution >= 4 is 11.9 Å². The van der Waals surface area contributed by atoms with E-state index in [-0.39, 0.29) is 18.5 Å². The number of aliphatic hydroxyl groups is 2. The van der Waals surface area contributed by atoms with Crippen LogP contribution >= 0.6 is 0 Å². The topological polar surface area (TPSA) is 95.9 Å². The van der Waals surface area contributed by atoms with E-state index in [4.69, 9.17) is 4.74 Å². The van der Waals surface area contributed by atoms with Crippen molar-refractivity contribution in [3.8, 4) is 0 Å². The minimum Gasteiger partial charge on any atom is -0.466 e. The van der Waals surface area contributed by atoms with Gasteiger partial charge < -0.3 is 20.3 Å². The first-order valence-electron chi connectivity index (χ1n) is 34.6. The number of esters is 1. The molecule has 2 atom stereocenters. The van der Waals surface area contributed by atoms with Crippen molar-refractivity contribution in [2.24, 2.45) is 0 Å². The standard InChI is InChI=1S/C72H133NO5/c1-3-5-7-9-11-13-15-17-19-21-33-36-40-44-48-52-56-60-64-70(75)69(68-74)73-71(76)65-61-57-53-49-45-41-37-34-31-29-27-25-23-22-24-26-28-30-32-35-39-43-47-51-55-59-63-67-78-72(77)66-62-58-54-50-46-42-38-20-18-16-14-12-10-8-6-4-2/h14,16,20,22-23,26,28,38,60,64,69-70,74-75H,3-13,15,17-19,21,24-25,27,29-37,39-59,61-63,65-68H2,1-2H3,(H,73,76)/b16-14-,23-22-,28-26-,38-20-,64-60+. The Morgan fingerprint density at radius 3 is 0.987 bits per heavy atom. The lowest BCUT2D eigenvalue weighted by atomic mass is 10.0. The maximum absolute atomic E-state index is 12.5. The Balaban J connectivity index is 3.45. The van der Waals surface area contributed by atoms with E-state index in [1.165, 1.54) is 276 Å². The second kappa shape index (κ2) is 67.1. The normalized spacial score (nSPS) is 12.9. The minimum atomic E-state index is -0.848. The average Bonchev–Trinajstić information content (AvgIpc) is 3.44. The number of carbonyl (C=O) groups is 2. The number of aliphatic hydroxyl groups excluding tert-OH is 2. The summed E-state index contributed by atoms with van der Waals surface area (Å²) in [6, 6.07) is -0.632. The minimum absolute atomic E-state index is 0.00344. The maximum atomic E-state index is 12.5. The molecule has 0 bridgehead atoms. The number of hydrogen-bond donors (Lipinski definition) is 3. The van der Waals surface area contributed by atoms with Gasteiger partial charge in [0, 0.05) is 12.8 Å². The molecule has 78 heavy (non-hydrogen) atoms. The molecule has 0 aliphatic heterocycles. The van der Waals surface area contributed by atoms with Crippen LogP contribution in [0.1, 0.15) is 361 Å². The molecule has 1 amide bonds. The van der Waals surface area contributed by atoms with Crippen LogP contribution in [0, 0.1) is 0 Å². The monoisotopic (exact) mass is 1090 g/mol. The summed E-state index contributed by atoms with van der Waals surface area (Å²) in [5.41, 5.74) is 0. The van der Waals surface area contributed by atoms with Crippen molar-refractivity contribution < 1.29 is 24.5 Å². The van der Waals surface area contributed by atoms with Crippen molar-refractivity contribution in [3.63, 3.8) is 0 Å². The Morgan fingerprint density at radius 1 is 0.359 bits per heavy atom. The van der Waals surface area contributed by atoms with E-state index in [1.807, 2.05) is 6.08 Å². The number of amides is 1. The highest BCUT2D eigenvalue weighted by Gasteiger charge is 2.18. The molecule has 0 spiro atoms. The second-order valence-corrected chi connectivity index (χ2v) is 23.5. The predicted octanol–water partition coefficient (Wildman–Crippen LogP) is 22.3. The Labute approximate surface area is 486 Å². The Hall–Kier alpha value is -2.44. The van der Waals surface area contributed by atoms with Crippen molar-refractivity contribution in [1.82, 2.24) is 5.32 Å². The van der Waals surface area contributed by atoms with Gasteiger partial charge in [-0.3, -0.25) is 9.59 Å². The smallest absolute Gasteiger partial charge is 0.305 e. The fourth-order valence-corrected chi connectivity index (χ4v) is 10.5. The van der Waals surface area contributed by atoms with Crippen LogP contribution < -0.4 is 5.32 Å². The van der Waals surface area contributed by atoms with Crippen molar-refractivity contribution in [2.75, 3.05) is 13.2 Å². The van der Waals surface area contributed by atoms with Gasteiger partial charge >= 0.3 is 5.97 Å². The third kappa shape index (κ3) is 62.8. The second-order valence-electron chi connectivity index (χ2n) is 23.5. The highest BCUT2D eigenvalue weighted by molar-refractivity contribution is 5.76. The molecule has 2 unspecified atom stereocenters. The van der Waals surface area contributed by atoms with E-state index < -0.39 is 12.1 Å². The first-order chi connectivity index (χ1) is 38.5.